The lowest BCUT2D eigenvalue weighted by Crippen LogP contribution is -2.48. The van der Waals surface area contributed by atoms with Gasteiger partial charge in [0.1, 0.15) is 0 Å². The van der Waals surface area contributed by atoms with E-state index in [1.54, 1.807) is 11.0 Å². The standard InChI is InChI=1S/C13H16N2O4/c1-9-7-14(8-10(2)19-9)13(16)11-4-3-5-12(6-11)15(17)18/h3-6,9-10H,7-8H2,1-2H3/t9-,10-/m1/s1. The second-order valence-electron chi connectivity index (χ2n) is 4.77. The Kier molecular flexibility index (Phi) is 3.80. The molecular formula is C13H16N2O4. The molecule has 0 bridgehead atoms. The van der Waals surface area contributed by atoms with E-state index < -0.39 is 4.92 Å². The molecule has 0 saturated carbocycles. The number of amides is 1. The van der Waals surface area contributed by atoms with Gasteiger partial charge in [-0.25, -0.2) is 0 Å². The SMILES string of the molecule is C[C@@H]1CN(C(=O)c2cccc([N+](=O)[O-])c2)C[C@@H](C)O1. The van der Waals surface area contributed by atoms with Gasteiger partial charge in [0.2, 0.25) is 0 Å². The number of non-ortho nitro benzene ring substituents is 1. The van der Waals surface area contributed by atoms with Crippen LogP contribution in [0.2, 0.25) is 0 Å². The molecule has 102 valence electrons. The minimum absolute atomic E-state index is 0.0219. The summed E-state index contributed by atoms with van der Waals surface area (Å²) < 4.78 is 5.56. The van der Waals surface area contributed by atoms with E-state index in [9.17, 15) is 14.9 Å². The van der Waals surface area contributed by atoms with Crippen molar-refractivity contribution in [1.82, 2.24) is 4.90 Å². The number of nitro groups is 1. The van der Waals surface area contributed by atoms with Crippen molar-refractivity contribution in [2.75, 3.05) is 13.1 Å². The van der Waals surface area contributed by atoms with Gasteiger partial charge in [-0.05, 0) is 19.9 Å². The summed E-state index contributed by atoms with van der Waals surface area (Å²) in [5.74, 6) is -0.189. The molecule has 0 aromatic heterocycles. The zero-order chi connectivity index (χ0) is 14.0. The number of nitrogens with zero attached hydrogens (tertiary/aromatic N) is 2. The first-order chi connectivity index (χ1) is 8.97. The van der Waals surface area contributed by atoms with Crippen LogP contribution in [0.15, 0.2) is 24.3 Å². The molecule has 1 aromatic carbocycles. The fourth-order valence-corrected chi connectivity index (χ4v) is 2.28. The van der Waals surface area contributed by atoms with Crippen molar-refractivity contribution in [2.24, 2.45) is 0 Å². The predicted octanol–water partition coefficient (Wildman–Crippen LogP) is 1.84. The Morgan fingerprint density at radius 2 is 2.00 bits per heavy atom. The quantitative estimate of drug-likeness (QED) is 0.603. The van der Waals surface area contributed by atoms with Gasteiger partial charge in [-0.2, -0.15) is 0 Å². The molecule has 1 saturated heterocycles. The maximum atomic E-state index is 12.3. The van der Waals surface area contributed by atoms with Crippen molar-refractivity contribution in [2.45, 2.75) is 26.1 Å². The molecule has 1 heterocycles. The normalized spacial score (nSPS) is 23.2. The fraction of sp³-hybridized carbons (Fsp3) is 0.462. The third kappa shape index (κ3) is 3.08. The van der Waals surface area contributed by atoms with Crippen molar-refractivity contribution in [3.63, 3.8) is 0 Å². The third-order valence-electron chi connectivity index (χ3n) is 3.01. The summed E-state index contributed by atoms with van der Waals surface area (Å²) in [6.07, 6.45) is -0.0437. The summed E-state index contributed by atoms with van der Waals surface area (Å²) in [4.78, 5) is 24.2. The maximum absolute atomic E-state index is 12.3. The molecule has 1 aromatic rings. The summed E-state index contributed by atoms with van der Waals surface area (Å²) >= 11 is 0. The molecule has 1 fully saturated rings. The minimum Gasteiger partial charge on any atom is -0.372 e. The molecule has 6 nitrogen and oxygen atoms in total. The number of rotatable bonds is 2. The van der Waals surface area contributed by atoms with Gasteiger partial charge >= 0.3 is 0 Å². The molecule has 6 heteroatoms. The lowest BCUT2D eigenvalue weighted by atomic mass is 10.1. The Balaban J connectivity index is 2.19. The van der Waals surface area contributed by atoms with E-state index in [2.05, 4.69) is 0 Å². The Labute approximate surface area is 111 Å². The van der Waals surface area contributed by atoms with E-state index >= 15 is 0 Å². The molecule has 1 aliphatic rings. The van der Waals surface area contributed by atoms with E-state index in [4.69, 9.17) is 4.74 Å². The number of carbonyl (C=O) groups excluding carboxylic acids is 1. The summed E-state index contributed by atoms with van der Waals surface area (Å²) in [5.41, 5.74) is 0.274. The maximum Gasteiger partial charge on any atom is 0.270 e. The predicted molar refractivity (Wildman–Crippen MR) is 69.0 cm³/mol. The zero-order valence-electron chi connectivity index (χ0n) is 10.9. The van der Waals surface area contributed by atoms with Crippen LogP contribution >= 0.6 is 0 Å². The molecule has 2 rings (SSSR count). The average molecular weight is 264 g/mol. The second kappa shape index (κ2) is 5.36. The van der Waals surface area contributed by atoms with Crippen molar-refractivity contribution in [3.05, 3.63) is 39.9 Å². The molecule has 0 radical (unpaired) electrons. The van der Waals surface area contributed by atoms with Crippen LogP contribution in [-0.4, -0.2) is 41.0 Å². The second-order valence-corrected chi connectivity index (χ2v) is 4.77. The fourth-order valence-electron chi connectivity index (χ4n) is 2.28. The highest BCUT2D eigenvalue weighted by Gasteiger charge is 2.27. The molecule has 0 aliphatic carbocycles. The van der Waals surface area contributed by atoms with Gasteiger partial charge in [0.25, 0.3) is 11.6 Å². The Bertz CT molecular complexity index is 493. The van der Waals surface area contributed by atoms with Crippen molar-refractivity contribution < 1.29 is 14.5 Å². The minimum atomic E-state index is -0.499. The average Bonchev–Trinajstić information content (AvgIpc) is 2.37. The number of nitro benzene ring substituents is 1. The Hall–Kier alpha value is -1.95. The van der Waals surface area contributed by atoms with Gasteiger partial charge in [0, 0.05) is 30.8 Å². The number of carbonyl (C=O) groups is 1. The molecule has 1 aliphatic heterocycles. The molecular weight excluding hydrogens is 248 g/mol. The summed E-state index contributed by atoms with van der Waals surface area (Å²) in [5, 5.41) is 10.7. The highest BCUT2D eigenvalue weighted by atomic mass is 16.6. The van der Waals surface area contributed by atoms with Gasteiger partial charge in [0.15, 0.2) is 0 Å². The van der Waals surface area contributed by atoms with Crippen LogP contribution in [-0.2, 0) is 4.74 Å². The number of benzene rings is 1. The summed E-state index contributed by atoms with van der Waals surface area (Å²) in [6, 6.07) is 5.81. The lowest BCUT2D eigenvalue weighted by Gasteiger charge is -2.35. The summed E-state index contributed by atoms with van der Waals surface area (Å²) in [7, 11) is 0. The monoisotopic (exact) mass is 264 g/mol. The number of hydrogen-bond acceptors (Lipinski definition) is 4. The van der Waals surface area contributed by atoms with E-state index in [1.165, 1.54) is 18.2 Å². The molecule has 1 amide bonds. The van der Waals surface area contributed by atoms with E-state index in [-0.39, 0.29) is 23.8 Å². The van der Waals surface area contributed by atoms with Crippen LogP contribution in [0.1, 0.15) is 24.2 Å². The van der Waals surface area contributed by atoms with Crippen LogP contribution in [0.3, 0.4) is 0 Å². The molecule has 0 N–H and O–H groups in total. The highest BCUT2D eigenvalue weighted by molar-refractivity contribution is 5.94. The first-order valence-electron chi connectivity index (χ1n) is 6.16. The van der Waals surface area contributed by atoms with Crippen molar-refractivity contribution in [3.8, 4) is 0 Å². The first kappa shape index (κ1) is 13.5. The number of morpholine rings is 1. The van der Waals surface area contributed by atoms with Crippen LogP contribution < -0.4 is 0 Å². The Morgan fingerprint density at radius 3 is 2.58 bits per heavy atom. The molecule has 19 heavy (non-hydrogen) atoms. The van der Waals surface area contributed by atoms with Gasteiger partial charge < -0.3 is 9.64 Å². The van der Waals surface area contributed by atoms with Crippen LogP contribution in [0.5, 0.6) is 0 Å². The van der Waals surface area contributed by atoms with Gasteiger partial charge in [-0.1, -0.05) is 6.07 Å². The van der Waals surface area contributed by atoms with E-state index in [1.807, 2.05) is 13.8 Å². The Morgan fingerprint density at radius 1 is 1.37 bits per heavy atom. The molecule has 2 atom stereocenters. The first-order valence-corrected chi connectivity index (χ1v) is 6.16. The van der Waals surface area contributed by atoms with Gasteiger partial charge in [-0.15, -0.1) is 0 Å². The lowest BCUT2D eigenvalue weighted by molar-refractivity contribution is -0.384. The number of hydrogen-bond donors (Lipinski definition) is 0. The smallest absolute Gasteiger partial charge is 0.270 e. The van der Waals surface area contributed by atoms with Gasteiger partial charge in [-0.3, -0.25) is 14.9 Å². The highest BCUT2D eigenvalue weighted by Crippen LogP contribution is 2.18. The third-order valence-corrected chi connectivity index (χ3v) is 3.01. The van der Waals surface area contributed by atoms with E-state index in [0.29, 0.717) is 18.7 Å². The van der Waals surface area contributed by atoms with Crippen LogP contribution in [0, 0.1) is 10.1 Å². The van der Waals surface area contributed by atoms with Crippen molar-refractivity contribution in [1.29, 1.82) is 0 Å². The topological polar surface area (TPSA) is 72.7 Å². The summed E-state index contributed by atoms with van der Waals surface area (Å²) in [6.45, 7) is 4.82. The largest absolute Gasteiger partial charge is 0.372 e. The molecule has 0 spiro atoms. The van der Waals surface area contributed by atoms with Gasteiger partial charge in [0.05, 0.1) is 17.1 Å². The number of ether oxygens (including phenoxy) is 1. The molecule has 0 unspecified atom stereocenters. The zero-order valence-corrected chi connectivity index (χ0v) is 10.9. The van der Waals surface area contributed by atoms with Crippen molar-refractivity contribution >= 4 is 11.6 Å². The van der Waals surface area contributed by atoms with Crippen LogP contribution in [0.4, 0.5) is 5.69 Å². The van der Waals surface area contributed by atoms with E-state index in [0.717, 1.165) is 0 Å². The van der Waals surface area contributed by atoms with Crippen LogP contribution in [0.25, 0.3) is 0 Å².